The molecule has 3 rings (SSSR count). The summed E-state index contributed by atoms with van der Waals surface area (Å²) < 4.78 is 6.43. The summed E-state index contributed by atoms with van der Waals surface area (Å²) in [6, 6.07) is 18.7. The smallest absolute Gasteiger partial charge is 0.269 e. The van der Waals surface area contributed by atoms with E-state index >= 15 is 0 Å². The molecule has 0 saturated carbocycles. The van der Waals surface area contributed by atoms with Crippen molar-refractivity contribution in [3.05, 3.63) is 93.5 Å². The average molecular weight is 584 g/mol. The number of thiocarbonyl (C=S) groups is 1. The molecule has 0 aromatic heterocycles. The molecule has 0 fully saturated rings. The van der Waals surface area contributed by atoms with Crippen molar-refractivity contribution in [2.75, 3.05) is 11.9 Å². The molecule has 0 atom stereocenters. The van der Waals surface area contributed by atoms with Crippen LogP contribution in [0.3, 0.4) is 0 Å². The first kappa shape index (κ1) is 27.8. The fourth-order valence-corrected chi connectivity index (χ4v) is 3.72. The second-order valence-electron chi connectivity index (χ2n) is 8.11. The van der Waals surface area contributed by atoms with Crippen molar-refractivity contribution in [1.29, 1.82) is 0 Å². The summed E-state index contributed by atoms with van der Waals surface area (Å²) in [6.07, 6.45) is 1.83. The van der Waals surface area contributed by atoms with Crippen molar-refractivity contribution in [2.45, 2.75) is 26.7 Å². The number of carbonyl (C=O) groups excluding carboxylic acids is 3. The number of aryl methyl sites for hydroxylation is 1. The van der Waals surface area contributed by atoms with E-state index in [-0.39, 0.29) is 11.0 Å². The molecule has 8 nitrogen and oxygen atoms in total. The summed E-state index contributed by atoms with van der Waals surface area (Å²) >= 11 is 8.50. The van der Waals surface area contributed by atoms with Gasteiger partial charge in [-0.15, -0.1) is 0 Å². The van der Waals surface area contributed by atoms with E-state index < -0.39 is 11.8 Å². The predicted molar refractivity (Wildman–Crippen MR) is 151 cm³/mol. The normalized spacial score (nSPS) is 10.2. The quantitative estimate of drug-likeness (QED) is 0.166. The fourth-order valence-electron chi connectivity index (χ4n) is 3.21. The maximum atomic E-state index is 12.7. The van der Waals surface area contributed by atoms with Crippen LogP contribution in [0.5, 0.6) is 5.75 Å². The number of rotatable bonds is 8. The van der Waals surface area contributed by atoms with Crippen molar-refractivity contribution >= 4 is 56.7 Å². The van der Waals surface area contributed by atoms with Gasteiger partial charge in [0.1, 0.15) is 5.75 Å². The molecule has 3 amide bonds. The zero-order chi connectivity index (χ0) is 26.8. The van der Waals surface area contributed by atoms with Crippen molar-refractivity contribution < 1.29 is 19.1 Å². The number of carbonyl (C=O) groups is 3. The number of amides is 3. The van der Waals surface area contributed by atoms with E-state index in [4.69, 9.17) is 17.0 Å². The summed E-state index contributed by atoms with van der Waals surface area (Å²) in [5.74, 6) is -0.754. The summed E-state index contributed by atoms with van der Waals surface area (Å²) in [7, 11) is 0. The molecule has 0 spiro atoms. The molecule has 0 radical (unpaired) electrons. The lowest BCUT2D eigenvalue weighted by Gasteiger charge is -2.14. The highest BCUT2D eigenvalue weighted by Crippen LogP contribution is 2.23. The van der Waals surface area contributed by atoms with E-state index in [9.17, 15) is 14.4 Å². The third-order valence-corrected chi connectivity index (χ3v) is 5.84. The Labute approximate surface area is 229 Å². The third kappa shape index (κ3) is 8.40. The first-order valence-corrected chi connectivity index (χ1v) is 12.8. The Morgan fingerprint density at radius 3 is 2.35 bits per heavy atom. The van der Waals surface area contributed by atoms with Gasteiger partial charge in [-0.3, -0.25) is 30.6 Å². The molecule has 0 aliphatic heterocycles. The summed E-state index contributed by atoms with van der Waals surface area (Å²) in [5, 5.41) is 5.24. The minimum absolute atomic E-state index is 0.0835. The Bertz CT molecular complexity index is 1300. The summed E-state index contributed by atoms with van der Waals surface area (Å²) in [5.41, 5.74) is 7.68. The van der Waals surface area contributed by atoms with Crippen molar-refractivity contribution in [1.82, 2.24) is 16.2 Å². The van der Waals surface area contributed by atoms with Gasteiger partial charge in [0.25, 0.3) is 17.7 Å². The lowest BCUT2D eigenvalue weighted by molar-refractivity contribution is 0.0933. The molecule has 37 heavy (non-hydrogen) atoms. The first-order valence-electron chi connectivity index (χ1n) is 11.6. The van der Waals surface area contributed by atoms with Gasteiger partial charge in [-0.2, -0.15) is 0 Å². The standard InChI is InChI=1S/C27H27BrN4O4S/c1-3-4-14-36-23-13-10-20(28)16-22(23)26(35)30-27(37)32-31-25(34)18-8-11-21(12-9-18)29-24(33)19-7-5-6-17(2)15-19/h5-13,15-16H,3-4,14H2,1-2H3,(H,29,33)(H,31,34)(H2,30,32,35,37). The van der Waals surface area contributed by atoms with Crippen molar-refractivity contribution in [3.8, 4) is 5.75 Å². The highest BCUT2D eigenvalue weighted by atomic mass is 79.9. The number of hydrazine groups is 1. The number of hydrogen-bond donors (Lipinski definition) is 4. The largest absolute Gasteiger partial charge is 0.493 e. The average Bonchev–Trinajstić information content (AvgIpc) is 2.88. The Hall–Kier alpha value is -3.76. The molecule has 0 bridgehead atoms. The van der Waals surface area contributed by atoms with E-state index in [1.54, 1.807) is 54.6 Å². The van der Waals surface area contributed by atoms with Crippen molar-refractivity contribution in [3.63, 3.8) is 0 Å². The van der Waals surface area contributed by atoms with E-state index in [0.717, 1.165) is 18.4 Å². The molecule has 0 heterocycles. The lowest BCUT2D eigenvalue weighted by atomic mass is 10.1. The molecule has 192 valence electrons. The van der Waals surface area contributed by atoms with Gasteiger partial charge in [0.05, 0.1) is 12.2 Å². The molecule has 0 saturated heterocycles. The molecule has 10 heteroatoms. The number of nitrogens with one attached hydrogen (secondary N) is 4. The zero-order valence-corrected chi connectivity index (χ0v) is 22.8. The third-order valence-electron chi connectivity index (χ3n) is 5.14. The van der Waals surface area contributed by atoms with Crippen LogP contribution in [0.4, 0.5) is 5.69 Å². The number of halogens is 1. The molecule has 0 unspecified atom stereocenters. The van der Waals surface area contributed by atoms with Crippen molar-refractivity contribution in [2.24, 2.45) is 0 Å². The summed E-state index contributed by atoms with van der Waals surface area (Å²) in [4.78, 5) is 37.6. The molecule has 0 aliphatic rings. The highest BCUT2D eigenvalue weighted by Gasteiger charge is 2.15. The van der Waals surface area contributed by atoms with Crippen LogP contribution in [0.15, 0.2) is 71.2 Å². The van der Waals surface area contributed by atoms with Gasteiger partial charge in [0.15, 0.2) is 5.11 Å². The molecule has 3 aromatic carbocycles. The predicted octanol–water partition coefficient (Wildman–Crippen LogP) is 5.14. The minimum Gasteiger partial charge on any atom is -0.493 e. The first-order chi connectivity index (χ1) is 17.8. The molecule has 4 N–H and O–H groups in total. The fraction of sp³-hybridized carbons (Fsp3) is 0.185. The maximum Gasteiger partial charge on any atom is 0.269 e. The second-order valence-corrected chi connectivity index (χ2v) is 9.43. The van der Waals surface area contributed by atoms with Crippen LogP contribution in [0, 0.1) is 6.92 Å². The number of unbranched alkanes of at least 4 members (excludes halogenated alkanes) is 1. The Kier molecular flexibility index (Phi) is 10.2. The number of hydrogen-bond acceptors (Lipinski definition) is 5. The molecule has 3 aromatic rings. The van der Waals surface area contributed by atoms with Crippen LogP contribution in [-0.2, 0) is 0 Å². The zero-order valence-electron chi connectivity index (χ0n) is 20.4. The summed E-state index contributed by atoms with van der Waals surface area (Å²) in [6.45, 7) is 4.46. The Morgan fingerprint density at radius 2 is 1.65 bits per heavy atom. The van der Waals surface area contributed by atoms with Crippen LogP contribution in [0.25, 0.3) is 0 Å². The van der Waals surface area contributed by atoms with Gasteiger partial charge in [0.2, 0.25) is 0 Å². The Balaban J connectivity index is 1.52. The van der Waals surface area contributed by atoms with Gasteiger partial charge in [0, 0.05) is 21.3 Å². The Morgan fingerprint density at radius 1 is 0.892 bits per heavy atom. The number of ether oxygens (including phenoxy) is 1. The van der Waals surface area contributed by atoms with Gasteiger partial charge in [-0.25, -0.2) is 0 Å². The van der Waals surface area contributed by atoms with Crippen LogP contribution >= 0.6 is 28.1 Å². The second kappa shape index (κ2) is 13.5. The van der Waals surface area contributed by atoms with Gasteiger partial charge in [-0.05, 0) is 80.2 Å². The van der Waals surface area contributed by atoms with E-state index in [1.165, 1.54) is 0 Å². The van der Waals surface area contributed by atoms with Gasteiger partial charge < -0.3 is 10.1 Å². The lowest BCUT2D eigenvalue weighted by Crippen LogP contribution is -2.48. The number of anilines is 1. The monoisotopic (exact) mass is 582 g/mol. The van der Waals surface area contributed by atoms with Crippen LogP contribution in [0.2, 0.25) is 0 Å². The topological polar surface area (TPSA) is 109 Å². The van der Waals surface area contributed by atoms with Gasteiger partial charge >= 0.3 is 0 Å². The van der Waals surface area contributed by atoms with Gasteiger partial charge in [-0.1, -0.05) is 47.0 Å². The van der Waals surface area contributed by atoms with Crippen LogP contribution in [0.1, 0.15) is 56.4 Å². The molecular weight excluding hydrogens is 556 g/mol. The minimum atomic E-state index is -0.478. The van der Waals surface area contributed by atoms with E-state index in [1.807, 2.05) is 19.1 Å². The number of benzene rings is 3. The van der Waals surface area contributed by atoms with E-state index in [0.29, 0.717) is 39.2 Å². The molecule has 0 aliphatic carbocycles. The maximum absolute atomic E-state index is 12.7. The van der Waals surface area contributed by atoms with E-state index in [2.05, 4.69) is 44.3 Å². The van der Waals surface area contributed by atoms with Crippen LogP contribution < -0.4 is 26.2 Å². The SMILES string of the molecule is CCCCOc1ccc(Br)cc1C(=O)NC(=S)NNC(=O)c1ccc(NC(=O)c2cccc(C)c2)cc1. The highest BCUT2D eigenvalue weighted by molar-refractivity contribution is 9.10. The molecular formula is C27H27BrN4O4S. The van der Waals surface area contributed by atoms with Crippen LogP contribution in [-0.4, -0.2) is 29.4 Å².